The van der Waals surface area contributed by atoms with Crippen LogP contribution in [-0.2, 0) is 5.88 Å². The molecule has 0 saturated heterocycles. The van der Waals surface area contributed by atoms with Gasteiger partial charge in [0.1, 0.15) is 12.9 Å². The van der Waals surface area contributed by atoms with Crippen molar-refractivity contribution in [3.63, 3.8) is 0 Å². The van der Waals surface area contributed by atoms with Crippen molar-refractivity contribution in [2.75, 3.05) is 6.61 Å². The fourth-order valence-corrected chi connectivity index (χ4v) is 0.793. The first-order valence-electron chi connectivity index (χ1n) is 3.71. The van der Waals surface area contributed by atoms with Crippen molar-refractivity contribution in [2.24, 2.45) is 0 Å². The zero-order valence-corrected chi connectivity index (χ0v) is 7.73. The van der Waals surface area contributed by atoms with Crippen molar-refractivity contribution in [2.45, 2.75) is 18.5 Å². The van der Waals surface area contributed by atoms with Crippen LogP contribution >= 0.6 is 11.6 Å². The Labute approximate surface area is 82.8 Å². The predicted molar refractivity (Wildman–Crippen MR) is 42.2 cm³/mol. The van der Waals surface area contributed by atoms with Crippen LogP contribution in [-0.4, -0.2) is 17.8 Å². The molecule has 0 unspecified atom stereocenters. The highest BCUT2D eigenvalue weighted by Crippen LogP contribution is 2.20. The summed E-state index contributed by atoms with van der Waals surface area (Å²) in [4.78, 5) is 3.66. The van der Waals surface area contributed by atoms with E-state index in [2.05, 4.69) is 14.1 Å². The molecule has 0 saturated carbocycles. The third kappa shape index (κ3) is 3.87. The molecule has 0 amide bonds. The molecule has 0 fully saturated rings. The van der Waals surface area contributed by atoms with Crippen molar-refractivity contribution < 1.29 is 22.3 Å². The molecule has 0 atom stereocenters. The van der Waals surface area contributed by atoms with Crippen molar-refractivity contribution in [3.8, 4) is 6.08 Å². The van der Waals surface area contributed by atoms with E-state index in [-0.39, 0.29) is 12.0 Å². The number of hydrogen-bond donors (Lipinski definition) is 0. The van der Waals surface area contributed by atoms with E-state index in [0.29, 0.717) is 5.69 Å². The highest BCUT2D eigenvalue weighted by atomic mass is 35.5. The topological polar surface area (TPSA) is 35.3 Å². The van der Waals surface area contributed by atoms with Crippen LogP contribution in [0, 0.1) is 0 Å². The van der Waals surface area contributed by atoms with Crippen molar-refractivity contribution in [1.29, 1.82) is 0 Å². The Balaban J connectivity index is 2.31. The van der Waals surface area contributed by atoms with E-state index in [4.69, 9.17) is 11.6 Å². The van der Waals surface area contributed by atoms with Crippen molar-refractivity contribution in [3.05, 3.63) is 12.0 Å². The number of aromatic nitrogens is 1. The Bertz CT molecular complexity index is 287. The molecule has 0 aliphatic heterocycles. The molecule has 1 rings (SSSR count). The molecule has 0 aliphatic carbocycles. The van der Waals surface area contributed by atoms with Gasteiger partial charge in [-0.25, -0.2) is 0 Å². The third-order valence-electron chi connectivity index (χ3n) is 1.28. The van der Waals surface area contributed by atoms with E-state index in [9.17, 15) is 13.2 Å². The van der Waals surface area contributed by atoms with Crippen molar-refractivity contribution in [1.82, 2.24) is 4.98 Å². The molecule has 0 N–H and O–H groups in total. The summed E-state index contributed by atoms with van der Waals surface area (Å²) in [7, 11) is 0. The fraction of sp³-hybridized carbons (Fsp3) is 0.571. The first-order valence-corrected chi connectivity index (χ1v) is 4.24. The van der Waals surface area contributed by atoms with E-state index >= 15 is 0 Å². The molecule has 3 nitrogen and oxygen atoms in total. The maximum atomic E-state index is 11.7. The predicted octanol–water partition coefficient (Wildman–Crippen LogP) is 2.74. The average molecular weight is 230 g/mol. The van der Waals surface area contributed by atoms with Gasteiger partial charge in [0, 0.05) is 0 Å². The monoisotopic (exact) mass is 229 g/mol. The molecule has 0 bridgehead atoms. The van der Waals surface area contributed by atoms with Gasteiger partial charge < -0.3 is 9.15 Å². The van der Waals surface area contributed by atoms with E-state index < -0.39 is 19.2 Å². The largest absolute Gasteiger partial charge is 0.450 e. The number of nitrogens with zero attached hydrogens (tertiary/aromatic N) is 1. The summed E-state index contributed by atoms with van der Waals surface area (Å²) in [5.74, 6) is 0.131. The minimum absolute atomic E-state index is 0.131. The minimum Gasteiger partial charge on any atom is -0.450 e. The number of oxazole rings is 1. The van der Waals surface area contributed by atoms with Gasteiger partial charge in [-0.05, 0) is 0 Å². The Morgan fingerprint density at radius 2 is 2.21 bits per heavy atom. The molecule has 0 aromatic carbocycles. The van der Waals surface area contributed by atoms with Gasteiger partial charge in [-0.3, -0.25) is 0 Å². The zero-order chi connectivity index (χ0) is 10.6. The van der Waals surface area contributed by atoms with Crippen molar-refractivity contribution >= 4 is 11.6 Å². The maximum Gasteiger partial charge on any atom is 0.393 e. The van der Waals surface area contributed by atoms with Gasteiger partial charge in [0.2, 0.25) is 0 Å². The van der Waals surface area contributed by atoms with Crippen LogP contribution in [0.4, 0.5) is 13.2 Å². The molecule has 1 aromatic heterocycles. The lowest BCUT2D eigenvalue weighted by Gasteiger charge is -2.04. The van der Waals surface area contributed by atoms with Crippen LogP contribution in [0.1, 0.15) is 12.1 Å². The SMILES string of the molecule is FC(F)(F)CCOc1nc(CCl)co1. The number of alkyl halides is 4. The average Bonchev–Trinajstić information content (AvgIpc) is 2.50. The summed E-state index contributed by atoms with van der Waals surface area (Å²) in [6.45, 7) is -0.508. The molecule has 1 heterocycles. The molecule has 0 radical (unpaired) electrons. The van der Waals surface area contributed by atoms with Gasteiger partial charge in [0.25, 0.3) is 0 Å². The summed E-state index contributed by atoms with van der Waals surface area (Å²) < 4.78 is 44.3. The van der Waals surface area contributed by atoms with Crippen LogP contribution in [0.15, 0.2) is 10.7 Å². The Morgan fingerprint density at radius 1 is 1.50 bits per heavy atom. The first kappa shape index (κ1) is 11.2. The van der Waals surface area contributed by atoms with E-state index in [1.54, 1.807) is 0 Å². The second-order valence-electron chi connectivity index (χ2n) is 2.45. The van der Waals surface area contributed by atoms with Crippen LogP contribution in [0.5, 0.6) is 6.08 Å². The molecule has 1 aromatic rings. The van der Waals surface area contributed by atoms with Gasteiger partial charge >= 0.3 is 12.3 Å². The summed E-state index contributed by atoms with van der Waals surface area (Å²) in [5.41, 5.74) is 0.425. The Kier molecular flexibility index (Phi) is 3.62. The Hall–Kier alpha value is -0.910. The van der Waals surface area contributed by atoms with Gasteiger partial charge in [0.05, 0.1) is 18.0 Å². The summed E-state index contributed by atoms with van der Waals surface area (Å²) >= 11 is 5.39. The number of rotatable bonds is 4. The Morgan fingerprint density at radius 3 is 2.71 bits per heavy atom. The highest BCUT2D eigenvalue weighted by Gasteiger charge is 2.27. The fourth-order valence-electron chi connectivity index (χ4n) is 0.670. The normalized spacial score (nSPS) is 11.7. The first-order chi connectivity index (χ1) is 6.51. The van der Waals surface area contributed by atoms with E-state index in [1.165, 1.54) is 6.26 Å². The second kappa shape index (κ2) is 4.54. The van der Waals surface area contributed by atoms with Crippen LogP contribution < -0.4 is 4.74 Å². The lowest BCUT2D eigenvalue weighted by atomic mass is 10.4. The van der Waals surface area contributed by atoms with Crippen LogP contribution in [0.2, 0.25) is 0 Å². The van der Waals surface area contributed by atoms with E-state index in [1.807, 2.05) is 0 Å². The molecular weight excluding hydrogens is 223 g/mol. The smallest absolute Gasteiger partial charge is 0.393 e. The maximum absolute atomic E-state index is 11.7. The molecule has 0 aliphatic rings. The summed E-state index contributed by atoms with van der Waals surface area (Å²) in [5, 5.41) is 0. The number of halogens is 4. The summed E-state index contributed by atoms with van der Waals surface area (Å²) in [6.07, 6.45) is -4.23. The zero-order valence-electron chi connectivity index (χ0n) is 6.97. The lowest BCUT2D eigenvalue weighted by Crippen LogP contribution is -2.13. The molecule has 0 spiro atoms. The third-order valence-corrected chi connectivity index (χ3v) is 1.55. The summed E-state index contributed by atoms with van der Waals surface area (Å²) in [6, 6.07) is 0. The van der Waals surface area contributed by atoms with Gasteiger partial charge in [-0.2, -0.15) is 18.2 Å². The molecule has 14 heavy (non-hydrogen) atoms. The van der Waals surface area contributed by atoms with Crippen LogP contribution in [0.25, 0.3) is 0 Å². The minimum atomic E-state index is -4.23. The number of ether oxygens (including phenoxy) is 1. The van der Waals surface area contributed by atoms with Gasteiger partial charge in [0.15, 0.2) is 0 Å². The van der Waals surface area contributed by atoms with Crippen LogP contribution in [0.3, 0.4) is 0 Å². The van der Waals surface area contributed by atoms with E-state index in [0.717, 1.165) is 0 Å². The standard InChI is InChI=1S/C7H7ClF3NO2/c8-3-5-4-14-6(12-5)13-2-1-7(9,10)11/h4H,1-3H2. The van der Waals surface area contributed by atoms with Gasteiger partial charge in [-0.1, -0.05) is 0 Å². The second-order valence-corrected chi connectivity index (χ2v) is 2.72. The number of hydrogen-bond acceptors (Lipinski definition) is 3. The molecular formula is C7H7ClF3NO2. The van der Waals surface area contributed by atoms with Gasteiger partial charge in [-0.15, -0.1) is 11.6 Å². The molecule has 7 heteroatoms. The molecule has 80 valence electrons. The quantitative estimate of drug-likeness (QED) is 0.745. The lowest BCUT2D eigenvalue weighted by molar-refractivity contribution is -0.140. The highest BCUT2D eigenvalue weighted by molar-refractivity contribution is 6.16.